The summed E-state index contributed by atoms with van der Waals surface area (Å²) < 4.78 is 0. The zero-order valence-corrected chi connectivity index (χ0v) is 8.26. The molecule has 0 amide bonds. The van der Waals surface area contributed by atoms with E-state index in [1.165, 1.54) is 0 Å². The summed E-state index contributed by atoms with van der Waals surface area (Å²) in [5, 5.41) is 14.9. The molecule has 13 heavy (non-hydrogen) atoms. The van der Waals surface area contributed by atoms with Crippen molar-refractivity contribution in [1.29, 1.82) is 0 Å². The third-order valence-corrected chi connectivity index (χ3v) is 3.14. The van der Waals surface area contributed by atoms with Gasteiger partial charge >= 0.3 is 0 Å². The molecule has 1 saturated carbocycles. The van der Waals surface area contributed by atoms with Crippen LogP contribution < -0.4 is 5.32 Å². The Morgan fingerprint density at radius 2 is 2.54 bits per heavy atom. The number of aliphatic hydroxyl groups is 1. The van der Waals surface area contributed by atoms with E-state index in [-0.39, 0.29) is 12.1 Å². The molecule has 1 aliphatic rings. The SMILES string of the molecule is OC1CCCC1NCc1cscn1. The Labute approximate surface area is 81.8 Å². The highest BCUT2D eigenvalue weighted by atomic mass is 32.1. The number of aromatic nitrogens is 1. The fourth-order valence-electron chi connectivity index (χ4n) is 1.74. The van der Waals surface area contributed by atoms with Crippen LogP contribution in [0.15, 0.2) is 10.9 Å². The maximum Gasteiger partial charge on any atom is 0.0795 e. The van der Waals surface area contributed by atoms with E-state index >= 15 is 0 Å². The summed E-state index contributed by atoms with van der Waals surface area (Å²) in [5.74, 6) is 0. The van der Waals surface area contributed by atoms with Crippen LogP contribution in [0.4, 0.5) is 0 Å². The molecular formula is C9H14N2OS. The maximum atomic E-state index is 9.54. The van der Waals surface area contributed by atoms with Crippen LogP contribution in [0.1, 0.15) is 25.0 Å². The molecule has 2 atom stereocenters. The number of hydrogen-bond donors (Lipinski definition) is 2. The van der Waals surface area contributed by atoms with Crippen LogP contribution >= 0.6 is 11.3 Å². The third-order valence-electron chi connectivity index (χ3n) is 2.51. The van der Waals surface area contributed by atoms with Crippen LogP contribution in [-0.2, 0) is 6.54 Å². The Morgan fingerprint density at radius 3 is 3.15 bits per heavy atom. The number of rotatable bonds is 3. The first-order chi connectivity index (χ1) is 6.36. The number of thiazole rings is 1. The van der Waals surface area contributed by atoms with Crippen molar-refractivity contribution in [2.45, 2.75) is 38.0 Å². The topological polar surface area (TPSA) is 45.1 Å². The molecule has 1 heterocycles. The molecule has 0 bridgehead atoms. The van der Waals surface area contributed by atoms with Crippen LogP contribution in [0.5, 0.6) is 0 Å². The second kappa shape index (κ2) is 4.17. The lowest BCUT2D eigenvalue weighted by atomic mass is 10.2. The van der Waals surface area contributed by atoms with E-state index in [9.17, 15) is 5.11 Å². The first-order valence-corrected chi connectivity index (χ1v) is 5.59. The van der Waals surface area contributed by atoms with E-state index in [1.807, 2.05) is 10.9 Å². The van der Waals surface area contributed by atoms with Crippen LogP contribution in [0.25, 0.3) is 0 Å². The van der Waals surface area contributed by atoms with Gasteiger partial charge in [0.1, 0.15) is 0 Å². The van der Waals surface area contributed by atoms with Gasteiger partial charge in [-0.3, -0.25) is 0 Å². The highest BCUT2D eigenvalue weighted by Crippen LogP contribution is 2.19. The molecule has 1 aromatic heterocycles. The van der Waals surface area contributed by atoms with Gasteiger partial charge in [0.05, 0.1) is 17.3 Å². The summed E-state index contributed by atoms with van der Waals surface area (Å²) in [4.78, 5) is 4.18. The molecular weight excluding hydrogens is 184 g/mol. The Morgan fingerprint density at radius 1 is 1.62 bits per heavy atom. The lowest BCUT2D eigenvalue weighted by Crippen LogP contribution is -2.35. The Hall–Kier alpha value is -0.450. The number of aliphatic hydroxyl groups excluding tert-OH is 1. The predicted molar refractivity (Wildman–Crippen MR) is 52.6 cm³/mol. The predicted octanol–water partition coefficient (Wildman–Crippen LogP) is 1.15. The Balaban J connectivity index is 1.79. The molecule has 2 unspecified atom stereocenters. The molecule has 0 radical (unpaired) electrons. The summed E-state index contributed by atoms with van der Waals surface area (Å²) in [6.07, 6.45) is 3.01. The maximum absolute atomic E-state index is 9.54. The van der Waals surface area contributed by atoms with Gasteiger partial charge in [0.15, 0.2) is 0 Å². The van der Waals surface area contributed by atoms with Gasteiger partial charge in [-0.2, -0.15) is 0 Å². The highest BCUT2D eigenvalue weighted by molar-refractivity contribution is 7.07. The third kappa shape index (κ3) is 2.27. The fraction of sp³-hybridized carbons (Fsp3) is 0.667. The molecule has 0 aromatic carbocycles. The van der Waals surface area contributed by atoms with Gasteiger partial charge in [0, 0.05) is 18.0 Å². The highest BCUT2D eigenvalue weighted by Gasteiger charge is 2.24. The van der Waals surface area contributed by atoms with Gasteiger partial charge < -0.3 is 10.4 Å². The molecule has 0 aliphatic heterocycles. The van der Waals surface area contributed by atoms with Gasteiger partial charge in [-0.1, -0.05) is 0 Å². The van der Waals surface area contributed by atoms with Gasteiger partial charge in [0.25, 0.3) is 0 Å². The summed E-state index contributed by atoms with van der Waals surface area (Å²) in [6.45, 7) is 0.783. The van der Waals surface area contributed by atoms with E-state index in [2.05, 4.69) is 10.3 Å². The number of nitrogens with one attached hydrogen (secondary N) is 1. The van der Waals surface area contributed by atoms with E-state index in [0.717, 1.165) is 31.5 Å². The average molecular weight is 198 g/mol. The smallest absolute Gasteiger partial charge is 0.0795 e. The minimum Gasteiger partial charge on any atom is -0.392 e. The van der Waals surface area contributed by atoms with Crippen molar-refractivity contribution >= 4 is 11.3 Å². The lowest BCUT2D eigenvalue weighted by molar-refractivity contribution is 0.148. The minimum atomic E-state index is -0.154. The van der Waals surface area contributed by atoms with Crippen molar-refractivity contribution in [1.82, 2.24) is 10.3 Å². The zero-order chi connectivity index (χ0) is 9.10. The lowest BCUT2D eigenvalue weighted by Gasteiger charge is -2.15. The monoisotopic (exact) mass is 198 g/mol. The fourth-order valence-corrected chi connectivity index (χ4v) is 2.30. The van der Waals surface area contributed by atoms with E-state index in [4.69, 9.17) is 0 Å². The molecule has 4 heteroatoms. The molecule has 72 valence electrons. The summed E-state index contributed by atoms with van der Waals surface area (Å²) in [6, 6.07) is 0.279. The summed E-state index contributed by atoms with van der Waals surface area (Å²) in [7, 11) is 0. The molecule has 0 saturated heterocycles. The van der Waals surface area contributed by atoms with Crippen LogP contribution in [0.2, 0.25) is 0 Å². The van der Waals surface area contributed by atoms with Crippen molar-refractivity contribution in [3.05, 3.63) is 16.6 Å². The van der Waals surface area contributed by atoms with Gasteiger partial charge in [-0.25, -0.2) is 4.98 Å². The van der Waals surface area contributed by atoms with Crippen LogP contribution in [-0.4, -0.2) is 22.2 Å². The Bertz CT molecular complexity index is 250. The molecule has 1 aliphatic carbocycles. The van der Waals surface area contributed by atoms with E-state index in [0.29, 0.717) is 0 Å². The Kier molecular flexibility index (Phi) is 2.93. The minimum absolute atomic E-state index is 0.154. The van der Waals surface area contributed by atoms with Gasteiger partial charge in [-0.05, 0) is 19.3 Å². The number of hydrogen-bond acceptors (Lipinski definition) is 4. The quantitative estimate of drug-likeness (QED) is 0.765. The largest absolute Gasteiger partial charge is 0.392 e. The van der Waals surface area contributed by atoms with Gasteiger partial charge in [-0.15, -0.1) is 11.3 Å². The molecule has 2 rings (SSSR count). The first-order valence-electron chi connectivity index (χ1n) is 4.65. The van der Waals surface area contributed by atoms with Crippen molar-refractivity contribution in [3.63, 3.8) is 0 Å². The standard InChI is InChI=1S/C9H14N2OS/c12-9-3-1-2-8(9)10-4-7-5-13-6-11-7/h5-6,8-10,12H,1-4H2. The molecule has 1 fully saturated rings. The number of nitrogens with zero attached hydrogens (tertiary/aromatic N) is 1. The van der Waals surface area contributed by atoms with E-state index in [1.54, 1.807) is 11.3 Å². The normalized spacial score (nSPS) is 28.1. The average Bonchev–Trinajstić information content (AvgIpc) is 2.72. The molecule has 0 spiro atoms. The first kappa shape index (κ1) is 9.12. The van der Waals surface area contributed by atoms with Crippen molar-refractivity contribution in [2.75, 3.05) is 0 Å². The summed E-state index contributed by atoms with van der Waals surface area (Å²) in [5.41, 5.74) is 2.91. The van der Waals surface area contributed by atoms with Crippen molar-refractivity contribution in [3.8, 4) is 0 Å². The second-order valence-corrected chi connectivity index (χ2v) is 4.18. The summed E-state index contributed by atoms with van der Waals surface area (Å²) >= 11 is 1.61. The van der Waals surface area contributed by atoms with Gasteiger partial charge in [0.2, 0.25) is 0 Å². The molecule has 1 aromatic rings. The van der Waals surface area contributed by atoms with Crippen molar-refractivity contribution < 1.29 is 5.11 Å². The molecule has 2 N–H and O–H groups in total. The van der Waals surface area contributed by atoms with E-state index < -0.39 is 0 Å². The zero-order valence-electron chi connectivity index (χ0n) is 7.44. The molecule has 3 nitrogen and oxygen atoms in total. The second-order valence-electron chi connectivity index (χ2n) is 3.47. The van der Waals surface area contributed by atoms with Crippen LogP contribution in [0.3, 0.4) is 0 Å². The van der Waals surface area contributed by atoms with Crippen LogP contribution in [0, 0.1) is 0 Å². The van der Waals surface area contributed by atoms with Crippen molar-refractivity contribution in [2.24, 2.45) is 0 Å².